The van der Waals surface area contributed by atoms with Crippen LogP contribution < -0.4 is 4.74 Å². The smallest absolute Gasteiger partial charge is 0.235 e. The Kier molecular flexibility index (Phi) is 7.22. The van der Waals surface area contributed by atoms with Gasteiger partial charge in [0.25, 0.3) is 0 Å². The van der Waals surface area contributed by atoms with Crippen molar-refractivity contribution < 1.29 is 17.9 Å². The van der Waals surface area contributed by atoms with Crippen molar-refractivity contribution >= 4 is 27.5 Å². The molecule has 5 nitrogen and oxygen atoms in total. The molecule has 1 aromatic rings. The molecule has 0 bridgehead atoms. The molecule has 0 N–H and O–H groups in total. The molecule has 1 aromatic carbocycles. The van der Waals surface area contributed by atoms with Crippen LogP contribution >= 0.6 is 11.8 Å². The van der Waals surface area contributed by atoms with Gasteiger partial charge in [-0.05, 0) is 37.8 Å². The molecule has 0 fully saturated rings. The number of amides is 1. The Morgan fingerprint density at radius 1 is 1.41 bits per heavy atom. The van der Waals surface area contributed by atoms with Gasteiger partial charge >= 0.3 is 0 Å². The van der Waals surface area contributed by atoms with Crippen LogP contribution in [0.3, 0.4) is 0 Å². The molecule has 1 rings (SSSR count). The van der Waals surface area contributed by atoms with E-state index in [1.54, 1.807) is 30.1 Å². The lowest BCUT2D eigenvalue weighted by Crippen LogP contribution is -2.34. The number of carbonyl (C=O) groups excluding carboxylic acids is 1. The average molecular weight is 345 g/mol. The first-order chi connectivity index (χ1) is 10.3. The number of carbonyl (C=O) groups is 1. The lowest BCUT2D eigenvalue weighted by atomic mass is 10.3. The molecule has 22 heavy (non-hydrogen) atoms. The summed E-state index contributed by atoms with van der Waals surface area (Å²) in [5, 5.41) is -0.0441. The zero-order valence-corrected chi connectivity index (χ0v) is 15.0. The number of benzene rings is 1. The maximum Gasteiger partial charge on any atom is 0.235 e. The summed E-state index contributed by atoms with van der Waals surface area (Å²) < 4.78 is 28.5. The van der Waals surface area contributed by atoms with Crippen LogP contribution in [0.1, 0.15) is 13.3 Å². The molecule has 0 unspecified atom stereocenters. The van der Waals surface area contributed by atoms with Crippen molar-refractivity contribution in [3.8, 4) is 5.75 Å². The summed E-state index contributed by atoms with van der Waals surface area (Å²) in [7, 11) is -1.45. The van der Waals surface area contributed by atoms with Crippen LogP contribution in [0.15, 0.2) is 29.2 Å². The van der Waals surface area contributed by atoms with E-state index >= 15 is 0 Å². The summed E-state index contributed by atoms with van der Waals surface area (Å²) in [6, 6.07) is 6.43. The largest absolute Gasteiger partial charge is 0.493 e. The molecule has 7 heteroatoms. The first-order valence-electron chi connectivity index (χ1n) is 6.96. The number of rotatable bonds is 8. The monoisotopic (exact) mass is 345 g/mol. The highest BCUT2D eigenvalue weighted by Crippen LogP contribution is 2.17. The van der Waals surface area contributed by atoms with Gasteiger partial charge in [0, 0.05) is 19.8 Å². The maximum absolute atomic E-state index is 11.9. The van der Waals surface area contributed by atoms with Gasteiger partial charge in [-0.2, -0.15) is 11.8 Å². The highest BCUT2D eigenvalue weighted by Gasteiger charge is 2.15. The first kappa shape index (κ1) is 18.8. The summed E-state index contributed by atoms with van der Waals surface area (Å²) in [6.45, 7) is 2.92. The SMILES string of the molecule is CS[C@@H](C)C(=O)N(C)CCCOc1cccc(S(C)(=O)=O)c1. The molecule has 0 aliphatic heterocycles. The van der Waals surface area contributed by atoms with E-state index in [2.05, 4.69) is 0 Å². The molecular formula is C15H23NO4S2. The molecule has 0 aliphatic rings. The van der Waals surface area contributed by atoms with E-state index in [1.165, 1.54) is 24.1 Å². The van der Waals surface area contributed by atoms with Crippen molar-refractivity contribution in [2.75, 3.05) is 32.7 Å². The van der Waals surface area contributed by atoms with E-state index in [-0.39, 0.29) is 16.1 Å². The van der Waals surface area contributed by atoms with Crippen molar-refractivity contribution in [2.24, 2.45) is 0 Å². The molecule has 1 amide bonds. The highest BCUT2D eigenvalue weighted by atomic mass is 32.2. The highest BCUT2D eigenvalue weighted by molar-refractivity contribution is 7.99. The van der Waals surface area contributed by atoms with E-state index < -0.39 is 9.84 Å². The van der Waals surface area contributed by atoms with Crippen LogP contribution in [0.5, 0.6) is 5.75 Å². The molecule has 124 valence electrons. The van der Waals surface area contributed by atoms with E-state index in [1.807, 2.05) is 13.2 Å². The third-order valence-electron chi connectivity index (χ3n) is 3.22. The summed E-state index contributed by atoms with van der Waals surface area (Å²) in [5.41, 5.74) is 0. The van der Waals surface area contributed by atoms with Gasteiger partial charge in [0.05, 0.1) is 16.8 Å². The fourth-order valence-corrected chi connectivity index (χ4v) is 2.85. The van der Waals surface area contributed by atoms with Gasteiger partial charge < -0.3 is 9.64 Å². The van der Waals surface area contributed by atoms with Crippen LogP contribution in [-0.4, -0.2) is 57.2 Å². The summed E-state index contributed by atoms with van der Waals surface area (Å²) in [4.78, 5) is 13.8. The third kappa shape index (κ3) is 5.88. The molecule has 0 aliphatic carbocycles. The number of thioether (sulfide) groups is 1. The summed E-state index contributed by atoms with van der Waals surface area (Å²) in [5.74, 6) is 0.626. The molecule has 0 aromatic heterocycles. The fraction of sp³-hybridized carbons (Fsp3) is 0.533. The van der Waals surface area contributed by atoms with E-state index in [4.69, 9.17) is 4.74 Å². The van der Waals surface area contributed by atoms with Crippen LogP contribution in [0, 0.1) is 0 Å². The van der Waals surface area contributed by atoms with E-state index in [0.717, 1.165) is 0 Å². The Bertz CT molecular complexity index is 601. The number of sulfone groups is 1. The predicted molar refractivity (Wildman–Crippen MR) is 90.3 cm³/mol. The Labute approximate surface area is 136 Å². The molecule has 0 saturated heterocycles. The summed E-state index contributed by atoms with van der Waals surface area (Å²) >= 11 is 1.52. The molecule has 0 saturated carbocycles. The fourth-order valence-electron chi connectivity index (χ4n) is 1.81. The second-order valence-electron chi connectivity index (χ2n) is 5.09. The van der Waals surface area contributed by atoms with Gasteiger partial charge in [0.15, 0.2) is 9.84 Å². The minimum Gasteiger partial charge on any atom is -0.493 e. The van der Waals surface area contributed by atoms with Crippen LogP contribution in [-0.2, 0) is 14.6 Å². The molecule has 0 spiro atoms. The molecule has 0 heterocycles. The number of hydrogen-bond acceptors (Lipinski definition) is 5. The second-order valence-corrected chi connectivity index (χ2v) is 8.28. The molecule has 1 atom stereocenters. The van der Waals surface area contributed by atoms with Crippen LogP contribution in [0.2, 0.25) is 0 Å². The van der Waals surface area contributed by atoms with Crippen molar-refractivity contribution in [1.29, 1.82) is 0 Å². The standard InChI is InChI=1S/C15H23NO4S2/c1-12(21-3)15(17)16(2)9-6-10-20-13-7-5-8-14(11-13)22(4,18)19/h5,7-8,11-12H,6,9-10H2,1-4H3/t12-/m0/s1. The lowest BCUT2D eigenvalue weighted by molar-refractivity contribution is -0.129. The zero-order valence-electron chi connectivity index (χ0n) is 13.4. The predicted octanol–water partition coefficient (Wildman–Crippen LogP) is 2.07. The second kappa shape index (κ2) is 8.43. The molecular weight excluding hydrogens is 322 g/mol. The van der Waals surface area contributed by atoms with Gasteiger partial charge in [-0.1, -0.05) is 6.07 Å². The van der Waals surface area contributed by atoms with Crippen molar-refractivity contribution in [3.05, 3.63) is 24.3 Å². The van der Waals surface area contributed by atoms with Crippen LogP contribution in [0.4, 0.5) is 0 Å². The zero-order chi connectivity index (χ0) is 16.8. The van der Waals surface area contributed by atoms with Crippen molar-refractivity contribution in [3.63, 3.8) is 0 Å². The molecule has 0 radical (unpaired) electrons. The number of hydrogen-bond donors (Lipinski definition) is 0. The Morgan fingerprint density at radius 3 is 2.68 bits per heavy atom. The quantitative estimate of drug-likeness (QED) is 0.675. The van der Waals surface area contributed by atoms with Crippen molar-refractivity contribution in [2.45, 2.75) is 23.5 Å². The Hall–Kier alpha value is -1.21. The number of nitrogens with zero attached hydrogens (tertiary/aromatic N) is 1. The van der Waals surface area contributed by atoms with Gasteiger partial charge in [-0.25, -0.2) is 8.42 Å². The third-order valence-corrected chi connectivity index (χ3v) is 5.24. The Morgan fingerprint density at radius 2 is 2.09 bits per heavy atom. The Balaban J connectivity index is 2.44. The normalized spacial score (nSPS) is 12.7. The topological polar surface area (TPSA) is 63.7 Å². The van der Waals surface area contributed by atoms with Gasteiger partial charge in [0.1, 0.15) is 5.75 Å². The van der Waals surface area contributed by atoms with Gasteiger partial charge in [-0.3, -0.25) is 4.79 Å². The van der Waals surface area contributed by atoms with E-state index in [0.29, 0.717) is 25.3 Å². The first-order valence-corrected chi connectivity index (χ1v) is 10.1. The van der Waals surface area contributed by atoms with Crippen molar-refractivity contribution in [1.82, 2.24) is 4.90 Å². The maximum atomic E-state index is 11.9. The lowest BCUT2D eigenvalue weighted by Gasteiger charge is -2.20. The van der Waals surface area contributed by atoms with Crippen LogP contribution in [0.25, 0.3) is 0 Å². The van der Waals surface area contributed by atoms with Gasteiger partial charge in [0.2, 0.25) is 5.91 Å². The summed E-state index contributed by atoms with van der Waals surface area (Å²) in [6.07, 6.45) is 3.76. The minimum atomic E-state index is -3.23. The average Bonchev–Trinajstić information content (AvgIpc) is 2.49. The van der Waals surface area contributed by atoms with Gasteiger partial charge in [-0.15, -0.1) is 0 Å². The van der Waals surface area contributed by atoms with E-state index in [9.17, 15) is 13.2 Å². The number of ether oxygens (including phenoxy) is 1. The minimum absolute atomic E-state index is 0.0441.